The van der Waals surface area contributed by atoms with Gasteiger partial charge in [0, 0.05) is 28.5 Å². The highest BCUT2D eigenvalue weighted by Gasteiger charge is 2.47. The van der Waals surface area contributed by atoms with Crippen molar-refractivity contribution < 1.29 is 29.7 Å². The molecule has 0 bridgehead atoms. The average molecular weight is 578 g/mol. The van der Waals surface area contributed by atoms with E-state index in [4.69, 9.17) is 37.9 Å². The van der Waals surface area contributed by atoms with Gasteiger partial charge in [0.15, 0.2) is 0 Å². The van der Waals surface area contributed by atoms with Gasteiger partial charge in [0.05, 0.1) is 15.6 Å². The summed E-state index contributed by atoms with van der Waals surface area (Å²) < 4.78 is 81.7. The van der Waals surface area contributed by atoms with E-state index in [1.807, 2.05) is 0 Å². The number of primary sulfonamides is 2. The van der Waals surface area contributed by atoms with Gasteiger partial charge in [-0.15, -0.1) is 0 Å². The monoisotopic (exact) mass is 577 g/mol. The molecule has 1 aromatic heterocycles. The predicted octanol–water partition coefficient (Wildman–Crippen LogP) is 3.07. The molecule has 1 aliphatic carbocycles. The molecule has 5 N–H and O–H groups in total. The van der Waals surface area contributed by atoms with Crippen LogP contribution in [0.2, 0.25) is 5.02 Å². The van der Waals surface area contributed by atoms with Crippen molar-refractivity contribution in [3.8, 4) is 0 Å². The minimum Gasteiger partial charge on any atom is -0.443 e. The number of allylic oxidation sites excluding steroid dienone is 3. The summed E-state index contributed by atoms with van der Waals surface area (Å²) in [4.78, 5) is -0.586. The summed E-state index contributed by atoms with van der Waals surface area (Å²) in [5, 5.41) is 10.6. The number of furan rings is 1. The van der Waals surface area contributed by atoms with Crippen LogP contribution < -0.4 is 15.0 Å². The number of sulfonamides is 3. The molecule has 0 amide bonds. The fourth-order valence-electron chi connectivity index (χ4n) is 3.71. The third kappa shape index (κ3) is 4.72. The SMILES string of the molecule is NS(=O)(=O)C1=C(Cl)C=CC(c2ccc(Cl)cc2NS(=O)(=O)c2cc3ccccc3o2)(S(N)(=O)=O)C1. The van der Waals surface area contributed by atoms with Gasteiger partial charge in [0.25, 0.3) is 10.0 Å². The zero-order valence-corrected chi connectivity index (χ0v) is 21.4. The third-order valence-corrected chi connectivity index (χ3v) is 9.88. The van der Waals surface area contributed by atoms with Crippen LogP contribution in [0.1, 0.15) is 12.0 Å². The molecule has 1 atom stereocenters. The molecule has 1 unspecified atom stereocenters. The second-order valence-corrected chi connectivity index (χ2v) is 13.5. The van der Waals surface area contributed by atoms with E-state index in [-0.39, 0.29) is 21.3 Å². The summed E-state index contributed by atoms with van der Waals surface area (Å²) in [7, 11) is -13.5. The van der Waals surface area contributed by atoms with E-state index in [1.54, 1.807) is 24.3 Å². The van der Waals surface area contributed by atoms with Crippen molar-refractivity contribution in [3.05, 3.63) is 81.2 Å². The first-order valence-corrected chi connectivity index (χ1v) is 14.9. The molecule has 35 heavy (non-hydrogen) atoms. The van der Waals surface area contributed by atoms with Gasteiger partial charge in [0.2, 0.25) is 25.1 Å². The molecule has 0 spiro atoms. The minimum absolute atomic E-state index is 0.0562. The first kappa shape index (κ1) is 25.7. The Balaban J connectivity index is 1.89. The first-order valence-electron chi connectivity index (χ1n) is 9.58. The van der Waals surface area contributed by atoms with E-state index in [0.717, 1.165) is 18.2 Å². The Bertz CT molecular complexity index is 1710. The number of benzene rings is 2. The molecular formula is C20H17Cl2N3O7S3. The molecule has 15 heteroatoms. The van der Waals surface area contributed by atoms with E-state index in [0.29, 0.717) is 11.0 Å². The highest BCUT2D eigenvalue weighted by atomic mass is 35.5. The van der Waals surface area contributed by atoms with Gasteiger partial charge in [-0.2, -0.15) is 8.42 Å². The van der Waals surface area contributed by atoms with Gasteiger partial charge in [-0.05, 0) is 24.3 Å². The largest absolute Gasteiger partial charge is 0.443 e. The Hall–Kier alpha value is -2.39. The lowest BCUT2D eigenvalue weighted by molar-refractivity contribution is 0.484. The standard InChI is InChI=1S/C20H17Cl2N3O7S3/c21-13-5-6-14(20(35(24,30)31)8-7-15(22)18(11-20)33(23,26)27)16(10-13)25-34(28,29)19-9-12-3-1-2-4-17(12)32-19/h1-10,25H,11H2,(H2,23,26,27)(H2,24,30,31). The number of rotatable bonds is 6. The second-order valence-electron chi connectivity index (χ2n) is 7.66. The molecule has 4 rings (SSSR count). The molecule has 0 saturated carbocycles. The Morgan fingerprint density at radius 1 is 0.943 bits per heavy atom. The zero-order chi connectivity index (χ0) is 25.8. The fraction of sp³-hybridized carbons (Fsp3) is 0.100. The van der Waals surface area contributed by atoms with E-state index < -0.39 is 51.2 Å². The summed E-state index contributed by atoms with van der Waals surface area (Å²) >= 11 is 12.1. The second kappa shape index (κ2) is 8.62. The highest BCUT2D eigenvalue weighted by molar-refractivity contribution is 7.93. The maximum absolute atomic E-state index is 13.2. The topological polar surface area (TPSA) is 180 Å². The zero-order valence-electron chi connectivity index (χ0n) is 17.5. The molecule has 186 valence electrons. The van der Waals surface area contributed by atoms with Gasteiger partial charge in [0.1, 0.15) is 10.3 Å². The van der Waals surface area contributed by atoms with Crippen LogP contribution in [0.4, 0.5) is 5.69 Å². The van der Waals surface area contributed by atoms with Crippen LogP contribution in [-0.2, 0) is 34.8 Å². The van der Waals surface area contributed by atoms with Crippen LogP contribution in [0.3, 0.4) is 0 Å². The molecule has 1 aliphatic rings. The number of halogens is 2. The molecular weight excluding hydrogens is 561 g/mol. The third-order valence-electron chi connectivity index (χ3n) is 5.39. The lowest BCUT2D eigenvalue weighted by Crippen LogP contribution is -2.42. The van der Waals surface area contributed by atoms with Crippen LogP contribution in [-0.4, -0.2) is 25.3 Å². The minimum atomic E-state index is -4.63. The maximum atomic E-state index is 13.2. The Morgan fingerprint density at radius 2 is 1.63 bits per heavy atom. The summed E-state index contributed by atoms with van der Waals surface area (Å²) in [6, 6.07) is 11.6. The van der Waals surface area contributed by atoms with Crippen LogP contribution in [0.15, 0.2) is 80.1 Å². The number of fused-ring (bicyclic) bond motifs is 1. The molecule has 10 nitrogen and oxygen atoms in total. The average Bonchev–Trinajstić information content (AvgIpc) is 3.18. The molecule has 0 saturated heterocycles. The molecule has 0 aliphatic heterocycles. The maximum Gasteiger partial charge on any atom is 0.295 e. The number of hydrogen-bond donors (Lipinski definition) is 3. The van der Waals surface area contributed by atoms with E-state index in [9.17, 15) is 25.3 Å². The van der Waals surface area contributed by atoms with Crippen LogP contribution >= 0.6 is 23.2 Å². The lowest BCUT2D eigenvalue weighted by Gasteiger charge is -2.33. The van der Waals surface area contributed by atoms with Gasteiger partial charge >= 0.3 is 0 Å². The first-order chi connectivity index (χ1) is 16.1. The summed E-state index contributed by atoms with van der Waals surface area (Å²) in [6.45, 7) is 0. The Morgan fingerprint density at radius 3 is 2.26 bits per heavy atom. The van der Waals surface area contributed by atoms with Crippen molar-refractivity contribution in [2.24, 2.45) is 10.3 Å². The van der Waals surface area contributed by atoms with Crippen LogP contribution in [0, 0.1) is 0 Å². The number of para-hydroxylation sites is 1. The number of nitrogens with two attached hydrogens (primary N) is 2. The van der Waals surface area contributed by atoms with Crippen LogP contribution in [0.5, 0.6) is 0 Å². The number of nitrogens with one attached hydrogen (secondary N) is 1. The van der Waals surface area contributed by atoms with Crippen molar-refractivity contribution in [1.29, 1.82) is 0 Å². The molecule has 0 fully saturated rings. The predicted molar refractivity (Wildman–Crippen MR) is 133 cm³/mol. The lowest BCUT2D eigenvalue weighted by atomic mass is 9.90. The van der Waals surface area contributed by atoms with Gasteiger partial charge in [-0.3, -0.25) is 4.72 Å². The van der Waals surface area contributed by atoms with Crippen molar-refractivity contribution in [2.75, 3.05) is 4.72 Å². The number of anilines is 1. The van der Waals surface area contributed by atoms with Crippen molar-refractivity contribution in [3.63, 3.8) is 0 Å². The normalized spacial score (nSPS) is 19.3. The molecule has 3 aromatic rings. The molecule has 1 heterocycles. The van der Waals surface area contributed by atoms with E-state index >= 15 is 0 Å². The summed E-state index contributed by atoms with van der Waals surface area (Å²) in [5.41, 5.74) is -0.165. The molecule has 0 radical (unpaired) electrons. The van der Waals surface area contributed by atoms with Gasteiger partial charge < -0.3 is 4.42 Å². The molecule has 2 aromatic carbocycles. The highest BCUT2D eigenvalue weighted by Crippen LogP contribution is 2.46. The summed E-state index contributed by atoms with van der Waals surface area (Å²) in [6.07, 6.45) is 1.32. The van der Waals surface area contributed by atoms with Gasteiger partial charge in [-0.25, -0.2) is 27.1 Å². The van der Waals surface area contributed by atoms with Crippen molar-refractivity contribution in [1.82, 2.24) is 0 Å². The van der Waals surface area contributed by atoms with Crippen molar-refractivity contribution in [2.45, 2.75) is 16.3 Å². The smallest absolute Gasteiger partial charge is 0.295 e. The summed E-state index contributed by atoms with van der Waals surface area (Å²) in [5.74, 6) is 0. The fourth-order valence-corrected chi connectivity index (χ4v) is 7.32. The van der Waals surface area contributed by atoms with Gasteiger partial charge in [-0.1, -0.05) is 53.5 Å². The van der Waals surface area contributed by atoms with Crippen molar-refractivity contribution >= 4 is 69.9 Å². The quantitative estimate of drug-likeness (QED) is 0.402. The van der Waals surface area contributed by atoms with E-state index in [2.05, 4.69) is 4.72 Å². The number of hydrogen-bond acceptors (Lipinski definition) is 7. The van der Waals surface area contributed by atoms with Crippen LogP contribution in [0.25, 0.3) is 11.0 Å². The van der Waals surface area contributed by atoms with E-state index in [1.165, 1.54) is 18.2 Å². The Kier molecular flexibility index (Phi) is 6.33. The Labute approximate surface area is 211 Å².